The van der Waals surface area contributed by atoms with E-state index in [0.717, 1.165) is 35.6 Å². The van der Waals surface area contributed by atoms with Crippen LogP contribution in [0.25, 0.3) is 0 Å². The van der Waals surface area contributed by atoms with Crippen molar-refractivity contribution in [3.05, 3.63) is 59.7 Å². The Hall–Kier alpha value is -2.08. The minimum Gasteiger partial charge on any atom is -0.497 e. The molecule has 0 radical (unpaired) electrons. The molecule has 136 valence electrons. The molecule has 2 aromatic carbocycles. The number of rotatable bonds is 10. The fourth-order valence-corrected chi connectivity index (χ4v) is 2.72. The third kappa shape index (κ3) is 6.05. The fraction of sp³-hybridized carbons (Fsp3) is 0.400. The lowest BCUT2D eigenvalue weighted by molar-refractivity contribution is 0.142. The van der Waals surface area contributed by atoms with Gasteiger partial charge in [0, 0.05) is 12.6 Å². The molecule has 0 aliphatic heterocycles. The molecular formula is C20H28N2O3. The second-order valence-electron chi connectivity index (χ2n) is 6.05. The first-order valence-corrected chi connectivity index (χ1v) is 8.53. The molecule has 0 aliphatic carbocycles. The van der Waals surface area contributed by atoms with E-state index >= 15 is 0 Å². The van der Waals surface area contributed by atoms with Gasteiger partial charge >= 0.3 is 0 Å². The number of hydrogen-bond donors (Lipinski definition) is 3. The van der Waals surface area contributed by atoms with Crippen LogP contribution in [0.4, 0.5) is 0 Å². The van der Waals surface area contributed by atoms with E-state index in [-0.39, 0.29) is 6.04 Å². The summed E-state index contributed by atoms with van der Waals surface area (Å²) in [6.07, 6.45) is 0.849. The second kappa shape index (κ2) is 10.0. The SMILES string of the molecule is COc1ccc(OC)c(CCNC[C@@H](O)[C@@H](N)Cc2ccccc2)c1. The highest BCUT2D eigenvalue weighted by molar-refractivity contribution is 5.40. The molecule has 5 heteroatoms. The van der Waals surface area contributed by atoms with E-state index in [1.807, 2.05) is 48.5 Å². The Balaban J connectivity index is 1.76. The van der Waals surface area contributed by atoms with Crippen LogP contribution >= 0.6 is 0 Å². The minimum absolute atomic E-state index is 0.291. The van der Waals surface area contributed by atoms with Crippen molar-refractivity contribution in [3.63, 3.8) is 0 Å². The first-order valence-electron chi connectivity index (χ1n) is 8.53. The smallest absolute Gasteiger partial charge is 0.122 e. The lowest BCUT2D eigenvalue weighted by atomic mass is 10.0. The Morgan fingerprint density at radius 1 is 1.08 bits per heavy atom. The zero-order chi connectivity index (χ0) is 18.1. The summed E-state index contributed by atoms with van der Waals surface area (Å²) >= 11 is 0. The van der Waals surface area contributed by atoms with Crippen LogP contribution in [0.2, 0.25) is 0 Å². The number of nitrogens with one attached hydrogen (secondary N) is 1. The molecule has 0 bridgehead atoms. The largest absolute Gasteiger partial charge is 0.497 e. The number of ether oxygens (including phenoxy) is 2. The van der Waals surface area contributed by atoms with E-state index in [1.165, 1.54) is 0 Å². The lowest BCUT2D eigenvalue weighted by Crippen LogP contribution is -2.43. The quantitative estimate of drug-likeness (QED) is 0.573. The molecule has 0 aliphatic rings. The van der Waals surface area contributed by atoms with Gasteiger partial charge in [-0.2, -0.15) is 0 Å². The topological polar surface area (TPSA) is 76.7 Å². The maximum absolute atomic E-state index is 10.2. The van der Waals surface area contributed by atoms with E-state index in [4.69, 9.17) is 15.2 Å². The van der Waals surface area contributed by atoms with Gasteiger partial charge in [0.15, 0.2) is 0 Å². The normalized spacial score (nSPS) is 13.3. The van der Waals surface area contributed by atoms with Gasteiger partial charge in [-0.3, -0.25) is 0 Å². The number of nitrogens with two attached hydrogens (primary N) is 1. The van der Waals surface area contributed by atoms with Crippen LogP contribution in [0.15, 0.2) is 48.5 Å². The molecule has 0 unspecified atom stereocenters. The van der Waals surface area contributed by atoms with Gasteiger partial charge in [-0.05, 0) is 48.7 Å². The predicted octanol–water partition coefficient (Wildman–Crippen LogP) is 1.77. The van der Waals surface area contributed by atoms with Gasteiger partial charge in [-0.1, -0.05) is 30.3 Å². The van der Waals surface area contributed by atoms with E-state index < -0.39 is 6.10 Å². The van der Waals surface area contributed by atoms with Crippen LogP contribution < -0.4 is 20.5 Å². The fourth-order valence-electron chi connectivity index (χ4n) is 2.72. The van der Waals surface area contributed by atoms with Gasteiger partial charge in [0.25, 0.3) is 0 Å². The van der Waals surface area contributed by atoms with E-state index in [9.17, 15) is 5.11 Å². The zero-order valence-electron chi connectivity index (χ0n) is 14.9. The van der Waals surface area contributed by atoms with Gasteiger partial charge in [-0.25, -0.2) is 0 Å². The predicted molar refractivity (Wildman–Crippen MR) is 100 cm³/mol. The van der Waals surface area contributed by atoms with Gasteiger partial charge in [0.05, 0.1) is 20.3 Å². The Kier molecular flexibility index (Phi) is 7.73. The molecule has 0 aromatic heterocycles. The number of benzene rings is 2. The van der Waals surface area contributed by atoms with Crippen LogP contribution in [-0.2, 0) is 12.8 Å². The highest BCUT2D eigenvalue weighted by Gasteiger charge is 2.15. The zero-order valence-corrected chi connectivity index (χ0v) is 14.9. The molecule has 0 heterocycles. The highest BCUT2D eigenvalue weighted by atomic mass is 16.5. The summed E-state index contributed by atoms with van der Waals surface area (Å²) in [5.74, 6) is 1.64. The molecule has 2 aromatic rings. The Bertz CT molecular complexity index is 634. The van der Waals surface area contributed by atoms with E-state index in [2.05, 4.69) is 5.32 Å². The molecule has 0 spiro atoms. The Morgan fingerprint density at radius 3 is 2.52 bits per heavy atom. The molecule has 4 N–H and O–H groups in total. The molecule has 2 atom stereocenters. The Morgan fingerprint density at radius 2 is 1.84 bits per heavy atom. The molecule has 2 rings (SSSR count). The number of hydrogen-bond acceptors (Lipinski definition) is 5. The van der Waals surface area contributed by atoms with E-state index in [0.29, 0.717) is 13.0 Å². The average molecular weight is 344 g/mol. The minimum atomic E-state index is -0.590. The van der Waals surface area contributed by atoms with Crippen molar-refractivity contribution >= 4 is 0 Å². The van der Waals surface area contributed by atoms with Crippen molar-refractivity contribution in [3.8, 4) is 11.5 Å². The number of aliphatic hydroxyl groups excluding tert-OH is 1. The van der Waals surface area contributed by atoms with Crippen LogP contribution in [0, 0.1) is 0 Å². The molecule has 25 heavy (non-hydrogen) atoms. The van der Waals surface area contributed by atoms with Crippen LogP contribution in [-0.4, -0.2) is 44.6 Å². The summed E-state index contributed by atoms with van der Waals surface area (Å²) in [4.78, 5) is 0. The number of methoxy groups -OCH3 is 2. The first-order chi connectivity index (χ1) is 12.1. The molecule has 0 saturated heterocycles. The molecule has 5 nitrogen and oxygen atoms in total. The van der Waals surface area contributed by atoms with Gasteiger partial charge in [-0.15, -0.1) is 0 Å². The molecular weight excluding hydrogens is 316 g/mol. The summed E-state index contributed by atoms with van der Waals surface area (Å²) in [6, 6.07) is 15.4. The summed E-state index contributed by atoms with van der Waals surface area (Å²) in [6.45, 7) is 1.18. The number of aliphatic hydroxyl groups is 1. The maximum Gasteiger partial charge on any atom is 0.122 e. The van der Waals surface area contributed by atoms with Crippen molar-refractivity contribution in [2.24, 2.45) is 5.73 Å². The third-order valence-corrected chi connectivity index (χ3v) is 4.22. The van der Waals surface area contributed by atoms with Crippen molar-refractivity contribution in [1.82, 2.24) is 5.32 Å². The molecule has 0 saturated carbocycles. The summed E-state index contributed by atoms with van der Waals surface area (Å²) in [7, 11) is 3.30. The monoisotopic (exact) mass is 344 g/mol. The average Bonchev–Trinajstić information content (AvgIpc) is 2.65. The lowest BCUT2D eigenvalue weighted by Gasteiger charge is -2.19. The summed E-state index contributed by atoms with van der Waals surface area (Å²) in [5.41, 5.74) is 8.30. The Labute approximate surface area is 149 Å². The summed E-state index contributed by atoms with van der Waals surface area (Å²) < 4.78 is 10.6. The molecule has 0 fully saturated rings. The van der Waals surface area contributed by atoms with Crippen LogP contribution in [0.5, 0.6) is 11.5 Å². The van der Waals surface area contributed by atoms with Crippen molar-refractivity contribution in [2.75, 3.05) is 27.3 Å². The van der Waals surface area contributed by atoms with Gasteiger partial charge in [0.1, 0.15) is 11.5 Å². The van der Waals surface area contributed by atoms with E-state index in [1.54, 1.807) is 14.2 Å². The standard InChI is InChI=1S/C20H28N2O3/c1-24-17-8-9-20(25-2)16(13-17)10-11-22-14-19(23)18(21)12-15-6-4-3-5-7-15/h3-9,13,18-19,22-23H,10-12,14,21H2,1-2H3/t18-,19+/m0/s1. The van der Waals surface area contributed by atoms with Crippen molar-refractivity contribution in [2.45, 2.75) is 25.0 Å². The maximum atomic E-state index is 10.2. The van der Waals surface area contributed by atoms with Gasteiger partial charge < -0.3 is 25.6 Å². The second-order valence-corrected chi connectivity index (χ2v) is 6.05. The first kappa shape index (κ1) is 19.2. The van der Waals surface area contributed by atoms with Crippen LogP contribution in [0.1, 0.15) is 11.1 Å². The van der Waals surface area contributed by atoms with Crippen molar-refractivity contribution in [1.29, 1.82) is 0 Å². The van der Waals surface area contributed by atoms with Gasteiger partial charge in [0.2, 0.25) is 0 Å². The third-order valence-electron chi connectivity index (χ3n) is 4.22. The highest BCUT2D eigenvalue weighted by Crippen LogP contribution is 2.24. The van der Waals surface area contributed by atoms with Crippen molar-refractivity contribution < 1.29 is 14.6 Å². The summed E-state index contributed by atoms with van der Waals surface area (Å²) in [5, 5.41) is 13.5. The molecule has 0 amide bonds. The van der Waals surface area contributed by atoms with Crippen LogP contribution in [0.3, 0.4) is 0 Å².